The molecule has 1 aromatic carbocycles. The Morgan fingerprint density at radius 2 is 2.08 bits per heavy atom. The molecule has 1 saturated heterocycles. The molecule has 0 radical (unpaired) electrons. The molecule has 1 aromatic heterocycles. The van der Waals surface area contributed by atoms with Crippen molar-refractivity contribution in [3.8, 4) is 0 Å². The van der Waals surface area contributed by atoms with Gasteiger partial charge in [0.1, 0.15) is 5.69 Å². The lowest BCUT2D eigenvalue weighted by molar-refractivity contribution is 0.0697. The van der Waals surface area contributed by atoms with Crippen molar-refractivity contribution in [1.82, 2.24) is 9.97 Å². The Hall–Kier alpha value is -3.23. The van der Waals surface area contributed by atoms with Crippen LogP contribution < -0.4 is 26.4 Å². The summed E-state index contributed by atoms with van der Waals surface area (Å²) in [5.74, 6) is -0.366. The number of carboxylic acid groups (broad SMARTS) is 1. The first-order valence-corrected chi connectivity index (χ1v) is 7.51. The van der Waals surface area contributed by atoms with Gasteiger partial charge in [-0.3, -0.25) is 9.78 Å². The van der Waals surface area contributed by atoms with Gasteiger partial charge in [-0.05, 0) is 24.3 Å². The molecule has 2 aliphatic heterocycles. The summed E-state index contributed by atoms with van der Waals surface area (Å²) in [6.45, 7) is 1.91. The number of rotatable bonds is 2. The first-order valence-electron chi connectivity index (χ1n) is 7.51. The Morgan fingerprint density at radius 1 is 1.33 bits per heavy atom. The van der Waals surface area contributed by atoms with Crippen LogP contribution in [-0.2, 0) is 0 Å². The predicted octanol–water partition coefficient (Wildman–Crippen LogP) is 0.128. The third-order valence-electron chi connectivity index (χ3n) is 4.38. The van der Waals surface area contributed by atoms with E-state index in [4.69, 9.17) is 10.8 Å². The summed E-state index contributed by atoms with van der Waals surface area (Å²) >= 11 is 0. The molecule has 4 rings (SSSR count). The van der Waals surface area contributed by atoms with Crippen LogP contribution in [0.15, 0.2) is 29.1 Å². The minimum absolute atomic E-state index is 0.0880. The third-order valence-corrected chi connectivity index (χ3v) is 4.38. The number of aromatic carboxylic acids is 1. The Kier molecular flexibility index (Phi) is 3.08. The maximum absolute atomic E-state index is 12.2. The topological polar surface area (TPSA) is 128 Å². The van der Waals surface area contributed by atoms with Gasteiger partial charge in [0, 0.05) is 18.8 Å². The minimum Gasteiger partial charge on any atom is -0.478 e. The summed E-state index contributed by atoms with van der Waals surface area (Å²) in [6, 6.07) is 6.85. The van der Waals surface area contributed by atoms with Crippen LogP contribution in [0, 0.1) is 0 Å². The van der Waals surface area contributed by atoms with Gasteiger partial charge < -0.3 is 26.0 Å². The summed E-state index contributed by atoms with van der Waals surface area (Å²) in [5.41, 5.74) is 6.98. The average molecular weight is 332 g/mol. The molecule has 9 nitrogen and oxygen atoms in total. The summed E-state index contributed by atoms with van der Waals surface area (Å²) in [7, 11) is 0. The smallest absolute Gasteiger partial charge is 0.335 e. The SMILES string of the molecule is Nc1nc2c(c(=O)[nH]1)N1[13CH2]N(c3ccc(C(=O)O)cc3)[13CH2][13C@H]1[13CH2]N2. The number of fused-ring (bicyclic) bond motifs is 3. The third kappa shape index (κ3) is 2.21. The van der Waals surface area contributed by atoms with Crippen LogP contribution in [0.1, 0.15) is 10.4 Å². The van der Waals surface area contributed by atoms with Crippen molar-refractivity contribution in [2.45, 2.75) is 6.04 Å². The Balaban J connectivity index is 1.64. The molecule has 0 amide bonds. The number of nitrogens with two attached hydrogens (primary N) is 1. The number of nitrogens with zero attached hydrogens (tertiary/aromatic N) is 3. The highest BCUT2D eigenvalue weighted by atomic mass is 16.4. The number of anilines is 4. The van der Waals surface area contributed by atoms with E-state index in [-0.39, 0.29) is 23.1 Å². The Labute approximate surface area is 136 Å². The van der Waals surface area contributed by atoms with Gasteiger partial charge in [-0.2, -0.15) is 4.98 Å². The summed E-state index contributed by atoms with van der Waals surface area (Å²) in [6.07, 6.45) is 0. The lowest BCUT2D eigenvalue weighted by Gasteiger charge is -2.31. The Bertz CT molecular complexity index is 863. The second kappa shape index (κ2) is 5.15. The molecule has 0 spiro atoms. The molecular formula is C15H16N6O3. The van der Waals surface area contributed by atoms with Gasteiger partial charge in [0.05, 0.1) is 18.3 Å². The van der Waals surface area contributed by atoms with Crippen LogP contribution in [-0.4, -0.2) is 46.8 Å². The second-order valence-electron chi connectivity index (χ2n) is 5.87. The number of benzene rings is 1. The first kappa shape index (κ1) is 14.4. The fraction of sp³-hybridized carbons (Fsp3) is 0.267. The number of nitrogens with one attached hydrogen (secondary N) is 2. The summed E-state index contributed by atoms with van der Waals surface area (Å²) in [4.78, 5) is 34.0. The summed E-state index contributed by atoms with van der Waals surface area (Å²) < 4.78 is 0. The van der Waals surface area contributed by atoms with Crippen LogP contribution in [0.5, 0.6) is 0 Å². The largest absolute Gasteiger partial charge is 0.478 e. The van der Waals surface area contributed by atoms with Crippen LogP contribution in [0.2, 0.25) is 0 Å². The van der Waals surface area contributed by atoms with E-state index in [0.29, 0.717) is 24.7 Å². The van der Waals surface area contributed by atoms with E-state index in [2.05, 4.69) is 20.2 Å². The standard InChI is InChI=1S/C15H16N6O3/c16-15-18-12-11(13(22)19-15)21-7-20(6-10(21)5-17-12)9-3-1-8(2-4-9)14(23)24/h1-4,10H,5-7H2,(H,23,24)(H4,16,17,18,19,22)/t10-/m1/s1/i5+1,6+1,7+1,10+1. The predicted molar refractivity (Wildman–Crippen MR) is 89.6 cm³/mol. The van der Waals surface area contributed by atoms with E-state index in [9.17, 15) is 9.59 Å². The van der Waals surface area contributed by atoms with Crippen LogP contribution >= 0.6 is 0 Å². The van der Waals surface area contributed by atoms with Crippen molar-refractivity contribution in [1.29, 1.82) is 0 Å². The molecule has 2 aromatic rings. The first-order chi connectivity index (χ1) is 11.5. The van der Waals surface area contributed by atoms with Gasteiger partial charge in [0.15, 0.2) is 5.82 Å². The second-order valence-corrected chi connectivity index (χ2v) is 5.87. The fourth-order valence-corrected chi connectivity index (χ4v) is 3.23. The highest BCUT2D eigenvalue weighted by molar-refractivity contribution is 5.88. The average Bonchev–Trinajstić information content (AvgIpc) is 2.98. The van der Waals surface area contributed by atoms with Crippen LogP contribution in [0.25, 0.3) is 0 Å². The number of aromatic nitrogens is 2. The molecule has 0 bridgehead atoms. The molecule has 0 unspecified atom stereocenters. The number of H-pyrrole nitrogens is 1. The molecule has 1 fully saturated rings. The monoisotopic (exact) mass is 332 g/mol. The molecule has 124 valence electrons. The van der Waals surface area contributed by atoms with Crippen molar-refractivity contribution in [3.63, 3.8) is 0 Å². The zero-order valence-electron chi connectivity index (χ0n) is 12.7. The molecule has 5 N–H and O–H groups in total. The highest BCUT2D eigenvalue weighted by Gasteiger charge is 2.37. The van der Waals surface area contributed by atoms with Crippen molar-refractivity contribution >= 4 is 29.1 Å². The lowest BCUT2D eigenvalue weighted by atomic mass is 10.2. The van der Waals surface area contributed by atoms with E-state index < -0.39 is 5.97 Å². The van der Waals surface area contributed by atoms with Crippen LogP contribution in [0.4, 0.5) is 23.1 Å². The zero-order valence-corrected chi connectivity index (χ0v) is 12.7. The van der Waals surface area contributed by atoms with Crippen molar-refractivity contribution in [2.24, 2.45) is 0 Å². The maximum atomic E-state index is 12.2. The quantitative estimate of drug-likeness (QED) is 0.571. The van der Waals surface area contributed by atoms with E-state index in [0.717, 1.165) is 12.2 Å². The number of carboxylic acids is 1. The highest BCUT2D eigenvalue weighted by Crippen LogP contribution is 2.32. The van der Waals surface area contributed by atoms with Gasteiger partial charge in [0.25, 0.3) is 5.56 Å². The van der Waals surface area contributed by atoms with Crippen LogP contribution in [0.3, 0.4) is 0 Å². The Morgan fingerprint density at radius 3 is 2.79 bits per heavy atom. The van der Waals surface area contributed by atoms with Gasteiger partial charge in [-0.1, -0.05) is 0 Å². The number of nitrogen functional groups attached to an aromatic ring is 1. The number of aromatic amines is 1. The lowest BCUT2D eigenvalue weighted by Crippen LogP contribution is -2.44. The minimum atomic E-state index is -0.950. The number of carbonyl (C=O) groups is 1. The van der Waals surface area contributed by atoms with Crippen molar-refractivity contribution in [3.05, 3.63) is 40.2 Å². The molecule has 24 heavy (non-hydrogen) atoms. The molecule has 2 aliphatic rings. The van der Waals surface area contributed by atoms with Gasteiger partial charge >= 0.3 is 5.97 Å². The zero-order chi connectivity index (χ0) is 16.8. The molecule has 0 saturated carbocycles. The van der Waals surface area contributed by atoms with Crippen molar-refractivity contribution in [2.75, 3.05) is 40.6 Å². The van der Waals surface area contributed by atoms with E-state index >= 15 is 0 Å². The van der Waals surface area contributed by atoms with Gasteiger partial charge in [-0.15, -0.1) is 0 Å². The molecular weight excluding hydrogens is 316 g/mol. The van der Waals surface area contributed by atoms with Gasteiger partial charge in [-0.25, -0.2) is 4.79 Å². The molecule has 0 aliphatic carbocycles. The normalized spacial score (nSPS) is 18.8. The number of hydrogen-bond acceptors (Lipinski definition) is 7. The molecule has 9 heteroatoms. The summed E-state index contributed by atoms with van der Waals surface area (Å²) in [5, 5.41) is 12.1. The van der Waals surface area contributed by atoms with Gasteiger partial charge in [0.2, 0.25) is 5.95 Å². The van der Waals surface area contributed by atoms with E-state index in [1.165, 1.54) is 0 Å². The number of hydrogen-bond donors (Lipinski definition) is 4. The molecule has 3 heterocycles. The maximum Gasteiger partial charge on any atom is 0.335 e. The molecule has 1 atom stereocenters. The van der Waals surface area contributed by atoms with E-state index in [1.807, 2.05) is 4.90 Å². The van der Waals surface area contributed by atoms with Crippen molar-refractivity contribution < 1.29 is 9.90 Å². The fourth-order valence-electron chi connectivity index (χ4n) is 3.23. The van der Waals surface area contributed by atoms with E-state index in [1.54, 1.807) is 24.3 Å².